The monoisotopic (exact) mass is 261 g/mol. The van der Waals surface area contributed by atoms with E-state index in [0.29, 0.717) is 0 Å². The van der Waals surface area contributed by atoms with Crippen LogP contribution in [0.1, 0.15) is 20.3 Å². The highest BCUT2D eigenvalue weighted by molar-refractivity contribution is 5.77. The molecule has 104 valence electrons. The Bertz CT molecular complexity index is 321. The Kier molecular flexibility index (Phi) is 5.21. The number of aliphatic hydroxyl groups is 3. The summed E-state index contributed by atoms with van der Waals surface area (Å²) in [6, 6.07) is -0.766. The highest BCUT2D eigenvalue weighted by Gasteiger charge is 2.47. The fourth-order valence-corrected chi connectivity index (χ4v) is 2.08. The highest BCUT2D eigenvalue weighted by Crippen LogP contribution is 2.26. The number of nitrogens with one attached hydrogen (secondary N) is 1. The third-order valence-electron chi connectivity index (χ3n) is 2.86. The van der Waals surface area contributed by atoms with Crippen LogP contribution in [0.15, 0.2) is 0 Å². The second kappa shape index (κ2) is 6.24. The maximum absolute atomic E-state index is 11.1. The third kappa shape index (κ3) is 3.49. The van der Waals surface area contributed by atoms with Crippen LogP contribution in [0.5, 0.6) is 0 Å². The molecule has 1 aliphatic rings. The second-order valence-corrected chi connectivity index (χ2v) is 4.51. The highest BCUT2D eigenvalue weighted by atomic mass is 16.5. The fourth-order valence-electron chi connectivity index (χ4n) is 2.08. The molecule has 1 heterocycles. The third-order valence-corrected chi connectivity index (χ3v) is 2.86. The van der Waals surface area contributed by atoms with Gasteiger partial charge in [-0.2, -0.15) is 0 Å². The van der Waals surface area contributed by atoms with Crippen molar-refractivity contribution in [2.75, 3.05) is 6.61 Å². The summed E-state index contributed by atoms with van der Waals surface area (Å²) in [5.41, 5.74) is 0. The Labute approximate surface area is 105 Å². The van der Waals surface area contributed by atoms with Crippen molar-refractivity contribution in [2.24, 2.45) is 0 Å². The van der Waals surface area contributed by atoms with E-state index in [9.17, 15) is 19.8 Å². The van der Waals surface area contributed by atoms with Crippen molar-refractivity contribution in [3.05, 3.63) is 0 Å². The van der Waals surface area contributed by atoms with Gasteiger partial charge in [0.25, 0.3) is 0 Å². The van der Waals surface area contributed by atoms with Crippen molar-refractivity contribution < 1.29 is 29.6 Å². The first-order valence-corrected chi connectivity index (χ1v) is 5.75. The SMILES string of the molecule is CC(=O)C[C@@H]1O[C@H]([C@H](O)CO)[C@H](O)[C@H]1NC(C)=O. The van der Waals surface area contributed by atoms with Crippen LogP contribution in [0.25, 0.3) is 0 Å². The summed E-state index contributed by atoms with van der Waals surface area (Å²) in [5.74, 6) is -0.517. The molecule has 18 heavy (non-hydrogen) atoms. The molecule has 5 atom stereocenters. The Morgan fingerprint density at radius 3 is 2.44 bits per heavy atom. The normalized spacial score (nSPS) is 33.2. The van der Waals surface area contributed by atoms with E-state index in [-0.39, 0.29) is 18.1 Å². The smallest absolute Gasteiger partial charge is 0.217 e. The van der Waals surface area contributed by atoms with Crippen molar-refractivity contribution in [3.8, 4) is 0 Å². The predicted octanol–water partition coefficient (Wildman–Crippen LogP) is -2.05. The number of aliphatic hydroxyl groups excluding tert-OH is 3. The second-order valence-electron chi connectivity index (χ2n) is 4.51. The minimum atomic E-state index is -1.26. The molecular formula is C11H19NO6. The zero-order valence-electron chi connectivity index (χ0n) is 10.4. The van der Waals surface area contributed by atoms with Crippen molar-refractivity contribution >= 4 is 11.7 Å². The maximum Gasteiger partial charge on any atom is 0.217 e. The average molecular weight is 261 g/mol. The first-order chi connectivity index (χ1) is 8.36. The quantitative estimate of drug-likeness (QED) is 0.453. The average Bonchev–Trinajstić information content (AvgIpc) is 2.55. The van der Waals surface area contributed by atoms with Gasteiger partial charge in [-0.1, -0.05) is 0 Å². The molecule has 1 saturated heterocycles. The summed E-state index contributed by atoms with van der Waals surface area (Å²) < 4.78 is 5.36. The Morgan fingerprint density at radius 1 is 1.39 bits per heavy atom. The zero-order chi connectivity index (χ0) is 13.9. The molecular weight excluding hydrogens is 242 g/mol. The summed E-state index contributed by atoms with van der Waals surface area (Å²) in [6.07, 6.45) is -4.12. The summed E-state index contributed by atoms with van der Waals surface area (Å²) >= 11 is 0. The predicted molar refractivity (Wildman–Crippen MR) is 60.7 cm³/mol. The van der Waals surface area contributed by atoms with Crippen molar-refractivity contribution in [2.45, 2.75) is 50.7 Å². The number of Topliss-reactive ketones (excluding diaryl/α,β-unsaturated/α-hetero) is 1. The van der Waals surface area contributed by atoms with Gasteiger partial charge in [-0.15, -0.1) is 0 Å². The number of hydrogen-bond donors (Lipinski definition) is 4. The number of ketones is 1. The Hall–Kier alpha value is -1.02. The molecule has 1 fully saturated rings. The minimum absolute atomic E-state index is 0.0245. The fraction of sp³-hybridized carbons (Fsp3) is 0.818. The van der Waals surface area contributed by atoms with Crippen molar-refractivity contribution in [1.29, 1.82) is 0 Å². The topological polar surface area (TPSA) is 116 Å². The lowest BCUT2D eigenvalue weighted by atomic mass is 9.99. The summed E-state index contributed by atoms with van der Waals surface area (Å²) in [4.78, 5) is 22.1. The van der Waals surface area contributed by atoms with Crippen LogP contribution in [-0.2, 0) is 14.3 Å². The van der Waals surface area contributed by atoms with Gasteiger partial charge < -0.3 is 25.4 Å². The molecule has 0 aromatic heterocycles. The van der Waals surface area contributed by atoms with Crippen LogP contribution in [0.4, 0.5) is 0 Å². The van der Waals surface area contributed by atoms with Crippen LogP contribution in [0, 0.1) is 0 Å². The molecule has 0 spiro atoms. The van der Waals surface area contributed by atoms with Crippen molar-refractivity contribution in [1.82, 2.24) is 5.32 Å². The van der Waals surface area contributed by atoms with E-state index < -0.39 is 37.1 Å². The number of amides is 1. The molecule has 7 heteroatoms. The molecule has 0 radical (unpaired) electrons. The zero-order valence-corrected chi connectivity index (χ0v) is 10.4. The van der Waals surface area contributed by atoms with Crippen molar-refractivity contribution in [3.63, 3.8) is 0 Å². The van der Waals surface area contributed by atoms with Crippen LogP contribution in [0.3, 0.4) is 0 Å². The molecule has 7 nitrogen and oxygen atoms in total. The molecule has 4 N–H and O–H groups in total. The molecule has 1 aliphatic heterocycles. The Balaban J connectivity index is 2.80. The van der Waals surface area contributed by atoms with Gasteiger partial charge in [0.1, 0.15) is 24.1 Å². The van der Waals surface area contributed by atoms with E-state index in [1.54, 1.807) is 0 Å². The van der Waals surface area contributed by atoms with Gasteiger partial charge in [0.15, 0.2) is 0 Å². The van der Waals surface area contributed by atoms with E-state index in [1.807, 2.05) is 0 Å². The number of carbonyl (C=O) groups excluding carboxylic acids is 2. The lowest BCUT2D eigenvalue weighted by Gasteiger charge is -2.21. The number of carbonyl (C=O) groups is 2. The summed E-state index contributed by atoms with van der Waals surface area (Å²) in [5, 5.41) is 30.8. The first-order valence-electron chi connectivity index (χ1n) is 5.75. The summed E-state index contributed by atoms with van der Waals surface area (Å²) in [7, 11) is 0. The standard InChI is InChI=1S/C11H19NO6/c1-5(14)3-8-9(12-6(2)15)10(17)11(18-8)7(16)4-13/h7-11,13,16-17H,3-4H2,1-2H3,(H,12,15)/t7-,8+,9+,10-,11-/m1/s1. The van der Waals surface area contributed by atoms with E-state index in [2.05, 4.69) is 5.32 Å². The van der Waals surface area contributed by atoms with Crippen LogP contribution in [0.2, 0.25) is 0 Å². The number of hydrogen-bond acceptors (Lipinski definition) is 6. The van der Waals surface area contributed by atoms with Gasteiger partial charge in [-0.25, -0.2) is 0 Å². The molecule has 1 amide bonds. The molecule has 0 saturated carbocycles. The number of rotatable bonds is 5. The van der Waals surface area contributed by atoms with Crippen LogP contribution < -0.4 is 5.32 Å². The molecule has 0 aliphatic carbocycles. The van der Waals surface area contributed by atoms with E-state index in [4.69, 9.17) is 9.84 Å². The molecule has 0 aromatic carbocycles. The maximum atomic E-state index is 11.1. The van der Waals surface area contributed by atoms with Gasteiger partial charge in [-0.3, -0.25) is 9.59 Å². The van der Waals surface area contributed by atoms with Gasteiger partial charge in [0.05, 0.1) is 18.8 Å². The van der Waals surface area contributed by atoms with Gasteiger partial charge in [0, 0.05) is 13.3 Å². The lowest BCUT2D eigenvalue weighted by molar-refractivity contribution is -0.124. The molecule has 0 aromatic rings. The van der Waals surface area contributed by atoms with Gasteiger partial charge in [-0.05, 0) is 6.92 Å². The van der Waals surface area contributed by atoms with Crippen LogP contribution in [-0.4, -0.2) is 64.1 Å². The largest absolute Gasteiger partial charge is 0.394 e. The van der Waals surface area contributed by atoms with Crippen LogP contribution >= 0.6 is 0 Å². The molecule has 0 unspecified atom stereocenters. The lowest BCUT2D eigenvalue weighted by Crippen LogP contribution is -2.49. The minimum Gasteiger partial charge on any atom is -0.394 e. The van der Waals surface area contributed by atoms with E-state index in [0.717, 1.165) is 0 Å². The van der Waals surface area contributed by atoms with E-state index >= 15 is 0 Å². The molecule has 1 rings (SSSR count). The molecule has 0 bridgehead atoms. The number of ether oxygens (including phenoxy) is 1. The van der Waals surface area contributed by atoms with Gasteiger partial charge >= 0.3 is 0 Å². The Morgan fingerprint density at radius 2 is 2.00 bits per heavy atom. The van der Waals surface area contributed by atoms with Gasteiger partial charge in [0.2, 0.25) is 5.91 Å². The summed E-state index contributed by atoms with van der Waals surface area (Å²) in [6.45, 7) is 2.09. The first kappa shape index (κ1) is 15.0. The van der Waals surface area contributed by atoms with E-state index in [1.165, 1.54) is 13.8 Å².